The number of benzene rings is 2. The standard InChI is InChI=1S/C27H27N3O5/c1-34-22-5-4-19-16-21(3-2-20(19)17-22)25(31)23-24(18-6-8-28-9-7-18)30(27(33)26(23)32)11-10-29-12-14-35-15-13-29/h2-9,16-17,24,31H,10-15H2,1H3/b25-23+. The zero-order valence-corrected chi connectivity index (χ0v) is 19.5. The molecule has 35 heavy (non-hydrogen) atoms. The average Bonchev–Trinajstić information content (AvgIpc) is 3.17. The lowest BCUT2D eigenvalue weighted by Gasteiger charge is -2.31. The summed E-state index contributed by atoms with van der Waals surface area (Å²) in [6.07, 6.45) is 3.25. The molecule has 3 aromatic rings. The number of fused-ring (bicyclic) bond motifs is 1. The fourth-order valence-electron chi connectivity index (χ4n) is 4.73. The van der Waals surface area contributed by atoms with Crippen LogP contribution in [0.5, 0.6) is 5.75 Å². The van der Waals surface area contributed by atoms with Gasteiger partial charge in [-0.25, -0.2) is 0 Å². The minimum Gasteiger partial charge on any atom is -0.507 e. The molecule has 2 fully saturated rings. The van der Waals surface area contributed by atoms with Crippen molar-refractivity contribution in [1.82, 2.24) is 14.8 Å². The third-order valence-electron chi connectivity index (χ3n) is 6.64. The maximum absolute atomic E-state index is 13.2. The molecule has 0 radical (unpaired) electrons. The predicted molar refractivity (Wildman–Crippen MR) is 131 cm³/mol. The number of aliphatic hydroxyl groups excluding tert-OH is 1. The van der Waals surface area contributed by atoms with E-state index in [1.54, 1.807) is 42.6 Å². The zero-order chi connectivity index (χ0) is 24.4. The van der Waals surface area contributed by atoms with Crippen molar-refractivity contribution in [2.45, 2.75) is 6.04 Å². The first-order valence-electron chi connectivity index (χ1n) is 11.6. The van der Waals surface area contributed by atoms with Crippen LogP contribution in [0.2, 0.25) is 0 Å². The lowest BCUT2D eigenvalue weighted by Crippen LogP contribution is -2.42. The Kier molecular flexibility index (Phi) is 6.48. The Balaban J connectivity index is 1.54. The number of likely N-dealkylation sites (tertiary alicyclic amines) is 1. The SMILES string of the molecule is COc1ccc2cc(/C(O)=C3\C(=O)C(=O)N(CCN4CCOCC4)C3c3ccncc3)ccc2c1. The smallest absolute Gasteiger partial charge is 0.295 e. The molecule has 0 spiro atoms. The van der Waals surface area contributed by atoms with Gasteiger partial charge in [0.25, 0.3) is 11.7 Å². The van der Waals surface area contributed by atoms with Gasteiger partial charge < -0.3 is 19.5 Å². The largest absolute Gasteiger partial charge is 0.507 e. The third-order valence-corrected chi connectivity index (χ3v) is 6.64. The molecule has 0 bridgehead atoms. The lowest BCUT2D eigenvalue weighted by atomic mass is 9.95. The number of hydrogen-bond acceptors (Lipinski definition) is 7. The number of methoxy groups -OCH3 is 1. The first kappa shape index (κ1) is 23.0. The van der Waals surface area contributed by atoms with Gasteiger partial charge >= 0.3 is 0 Å². The van der Waals surface area contributed by atoms with Crippen LogP contribution in [0.1, 0.15) is 17.2 Å². The Hall–Kier alpha value is -3.75. The summed E-state index contributed by atoms with van der Waals surface area (Å²) >= 11 is 0. The maximum atomic E-state index is 13.2. The topological polar surface area (TPSA) is 92.2 Å². The van der Waals surface area contributed by atoms with E-state index in [0.717, 1.165) is 35.2 Å². The second-order valence-corrected chi connectivity index (χ2v) is 8.65. The van der Waals surface area contributed by atoms with E-state index in [1.165, 1.54) is 0 Å². The molecule has 1 aromatic heterocycles. The number of morpholine rings is 1. The van der Waals surface area contributed by atoms with Crippen molar-refractivity contribution >= 4 is 28.2 Å². The van der Waals surface area contributed by atoms with Crippen LogP contribution in [-0.2, 0) is 14.3 Å². The van der Waals surface area contributed by atoms with Crippen LogP contribution in [-0.4, -0.2) is 78.1 Å². The number of amides is 1. The first-order valence-corrected chi connectivity index (χ1v) is 11.6. The molecular formula is C27H27N3O5. The molecule has 0 saturated carbocycles. The van der Waals surface area contributed by atoms with E-state index in [1.807, 2.05) is 30.3 Å². The molecule has 5 rings (SSSR count). The van der Waals surface area contributed by atoms with Gasteiger partial charge in [-0.1, -0.05) is 18.2 Å². The van der Waals surface area contributed by atoms with Gasteiger partial charge in [0.15, 0.2) is 0 Å². The number of nitrogens with zero attached hydrogens (tertiary/aromatic N) is 3. The number of carbonyl (C=O) groups excluding carboxylic acids is 2. The molecule has 8 nitrogen and oxygen atoms in total. The number of Topliss-reactive ketones (excluding diaryl/α,β-unsaturated/α-hetero) is 1. The number of carbonyl (C=O) groups is 2. The summed E-state index contributed by atoms with van der Waals surface area (Å²) in [7, 11) is 1.61. The highest BCUT2D eigenvalue weighted by Gasteiger charge is 2.46. The number of ketones is 1. The van der Waals surface area contributed by atoms with Crippen LogP contribution in [0.25, 0.3) is 16.5 Å². The first-order chi connectivity index (χ1) is 17.1. The van der Waals surface area contributed by atoms with Gasteiger partial charge in [-0.15, -0.1) is 0 Å². The zero-order valence-electron chi connectivity index (χ0n) is 19.5. The summed E-state index contributed by atoms with van der Waals surface area (Å²) in [5.74, 6) is -0.733. The van der Waals surface area contributed by atoms with E-state index in [0.29, 0.717) is 31.9 Å². The quantitative estimate of drug-likeness (QED) is 0.334. The fraction of sp³-hybridized carbons (Fsp3) is 0.296. The summed E-state index contributed by atoms with van der Waals surface area (Å²) in [5.41, 5.74) is 1.30. The van der Waals surface area contributed by atoms with Crippen molar-refractivity contribution in [2.75, 3.05) is 46.5 Å². The van der Waals surface area contributed by atoms with Crippen molar-refractivity contribution in [3.05, 3.63) is 77.6 Å². The number of aromatic nitrogens is 1. The molecule has 1 unspecified atom stereocenters. The van der Waals surface area contributed by atoms with Gasteiger partial charge in [0, 0.05) is 44.1 Å². The average molecular weight is 474 g/mol. The molecule has 1 amide bonds. The van der Waals surface area contributed by atoms with Crippen LogP contribution in [0, 0.1) is 0 Å². The molecule has 2 saturated heterocycles. The number of hydrogen-bond donors (Lipinski definition) is 1. The highest BCUT2D eigenvalue weighted by atomic mass is 16.5. The summed E-state index contributed by atoms with van der Waals surface area (Å²) in [6, 6.07) is 13.9. The Labute approximate surface area is 203 Å². The molecular weight excluding hydrogens is 446 g/mol. The highest BCUT2D eigenvalue weighted by molar-refractivity contribution is 6.46. The Bertz CT molecular complexity index is 1280. The molecule has 2 aliphatic heterocycles. The van der Waals surface area contributed by atoms with E-state index in [4.69, 9.17) is 9.47 Å². The van der Waals surface area contributed by atoms with Crippen molar-refractivity contribution < 1.29 is 24.2 Å². The van der Waals surface area contributed by atoms with Crippen molar-refractivity contribution in [2.24, 2.45) is 0 Å². The van der Waals surface area contributed by atoms with Crippen LogP contribution >= 0.6 is 0 Å². The summed E-state index contributed by atoms with van der Waals surface area (Å²) < 4.78 is 10.7. The van der Waals surface area contributed by atoms with Crippen molar-refractivity contribution in [1.29, 1.82) is 0 Å². The Morgan fingerprint density at radius 2 is 1.74 bits per heavy atom. The highest BCUT2D eigenvalue weighted by Crippen LogP contribution is 2.39. The molecule has 2 aromatic carbocycles. The Morgan fingerprint density at radius 3 is 2.49 bits per heavy atom. The summed E-state index contributed by atoms with van der Waals surface area (Å²) in [5, 5.41) is 13.2. The van der Waals surface area contributed by atoms with Crippen LogP contribution < -0.4 is 4.74 Å². The van der Waals surface area contributed by atoms with Gasteiger partial charge in [0.2, 0.25) is 0 Å². The normalized spacial score (nSPS) is 20.5. The van der Waals surface area contributed by atoms with Gasteiger partial charge in [0.05, 0.1) is 31.9 Å². The van der Waals surface area contributed by atoms with Gasteiger partial charge in [-0.05, 0) is 46.7 Å². The third kappa shape index (κ3) is 4.50. The second-order valence-electron chi connectivity index (χ2n) is 8.65. The van der Waals surface area contributed by atoms with Crippen LogP contribution in [0.4, 0.5) is 0 Å². The second kappa shape index (κ2) is 9.85. The van der Waals surface area contributed by atoms with E-state index < -0.39 is 17.7 Å². The van der Waals surface area contributed by atoms with Crippen molar-refractivity contribution in [3.8, 4) is 5.75 Å². The van der Waals surface area contributed by atoms with Gasteiger partial charge in [-0.3, -0.25) is 19.5 Å². The molecule has 3 heterocycles. The van der Waals surface area contributed by atoms with Gasteiger partial charge in [0.1, 0.15) is 11.5 Å². The summed E-state index contributed by atoms with van der Waals surface area (Å²) in [4.78, 5) is 34.2. The fourth-order valence-corrected chi connectivity index (χ4v) is 4.73. The minimum atomic E-state index is -0.689. The number of ether oxygens (including phenoxy) is 2. The minimum absolute atomic E-state index is 0.0936. The molecule has 1 atom stereocenters. The molecule has 8 heteroatoms. The summed E-state index contributed by atoms with van der Waals surface area (Å²) in [6.45, 7) is 3.86. The molecule has 2 aliphatic rings. The molecule has 1 N–H and O–H groups in total. The molecule has 0 aliphatic carbocycles. The van der Waals surface area contributed by atoms with E-state index >= 15 is 0 Å². The van der Waals surface area contributed by atoms with E-state index in [9.17, 15) is 14.7 Å². The monoisotopic (exact) mass is 473 g/mol. The predicted octanol–water partition coefficient (Wildman–Crippen LogP) is 3.00. The van der Waals surface area contributed by atoms with Crippen LogP contribution in [0.15, 0.2) is 66.5 Å². The van der Waals surface area contributed by atoms with E-state index in [2.05, 4.69) is 9.88 Å². The number of pyridine rings is 1. The van der Waals surface area contributed by atoms with Gasteiger partial charge in [-0.2, -0.15) is 0 Å². The lowest BCUT2D eigenvalue weighted by molar-refractivity contribution is -0.140. The number of rotatable bonds is 6. The van der Waals surface area contributed by atoms with Crippen molar-refractivity contribution in [3.63, 3.8) is 0 Å². The Morgan fingerprint density at radius 1 is 1.03 bits per heavy atom. The van der Waals surface area contributed by atoms with E-state index in [-0.39, 0.29) is 11.3 Å². The number of aliphatic hydroxyl groups is 1. The van der Waals surface area contributed by atoms with Crippen LogP contribution in [0.3, 0.4) is 0 Å². The maximum Gasteiger partial charge on any atom is 0.295 e. The molecule has 180 valence electrons.